The zero-order chi connectivity index (χ0) is 18.6. The van der Waals surface area contributed by atoms with E-state index in [0.717, 1.165) is 5.69 Å². The standard InChI is InChI=1S/C19H18ClN3O4/c1-2-24-16-9-12(20)7-8-13(16)21-10-18-22-19(27-23-18)17-11-25-14-5-3-4-6-15(14)26-17/h3-9,17,21H,2,10-11H2,1H3. The van der Waals surface area contributed by atoms with Crippen LogP contribution in [0.3, 0.4) is 0 Å². The van der Waals surface area contributed by atoms with E-state index in [4.69, 9.17) is 30.3 Å². The maximum atomic E-state index is 6.02. The van der Waals surface area contributed by atoms with Crippen LogP contribution in [0.5, 0.6) is 17.2 Å². The number of nitrogens with one attached hydrogen (secondary N) is 1. The summed E-state index contributed by atoms with van der Waals surface area (Å²) in [5.74, 6) is 2.93. The van der Waals surface area contributed by atoms with E-state index >= 15 is 0 Å². The van der Waals surface area contributed by atoms with Crippen molar-refractivity contribution in [1.82, 2.24) is 10.1 Å². The Balaban J connectivity index is 1.42. The number of nitrogens with zero attached hydrogens (tertiary/aromatic N) is 2. The lowest BCUT2D eigenvalue weighted by Crippen LogP contribution is -2.21. The van der Waals surface area contributed by atoms with Crippen LogP contribution in [0.15, 0.2) is 47.0 Å². The predicted octanol–water partition coefficient (Wildman–Crippen LogP) is 4.25. The molecule has 0 aliphatic carbocycles. The number of halogens is 1. The third-order valence-electron chi connectivity index (χ3n) is 3.95. The van der Waals surface area contributed by atoms with Gasteiger partial charge in [-0.05, 0) is 31.2 Å². The number of anilines is 1. The minimum Gasteiger partial charge on any atom is -0.492 e. The van der Waals surface area contributed by atoms with E-state index in [1.807, 2.05) is 37.3 Å². The van der Waals surface area contributed by atoms with Gasteiger partial charge in [0, 0.05) is 11.1 Å². The molecule has 0 amide bonds. The molecule has 140 valence electrons. The summed E-state index contributed by atoms with van der Waals surface area (Å²) in [6, 6.07) is 12.9. The van der Waals surface area contributed by atoms with E-state index in [0.29, 0.717) is 53.7 Å². The van der Waals surface area contributed by atoms with Crippen LogP contribution in [0.25, 0.3) is 0 Å². The lowest BCUT2D eigenvalue weighted by molar-refractivity contribution is 0.0665. The molecule has 2 heterocycles. The smallest absolute Gasteiger partial charge is 0.271 e. The Hall–Kier alpha value is -2.93. The highest BCUT2D eigenvalue weighted by atomic mass is 35.5. The number of para-hydroxylation sites is 2. The average Bonchev–Trinajstić information content (AvgIpc) is 3.16. The van der Waals surface area contributed by atoms with Crippen molar-refractivity contribution in [1.29, 1.82) is 0 Å². The Morgan fingerprint density at radius 1 is 1.22 bits per heavy atom. The highest BCUT2D eigenvalue weighted by Crippen LogP contribution is 2.35. The molecule has 0 saturated heterocycles. The van der Waals surface area contributed by atoms with Crippen LogP contribution in [0.2, 0.25) is 5.02 Å². The van der Waals surface area contributed by atoms with Crippen molar-refractivity contribution in [3.05, 3.63) is 59.2 Å². The Kier molecular flexibility index (Phi) is 5.02. The van der Waals surface area contributed by atoms with Crippen molar-refractivity contribution >= 4 is 17.3 Å². The molecule has 0 radical (unpaired) electrons. The van der Waals surface area contributed by atoms with Gasteiger partial charge in [0.25, 0.3) is 5.89 Å². The molecule has 2 aromatic carbocycles. The first-order chi connectivity index (χ1) is 13.2. The van der Waals surface area contributed by atoms with Gasteiger partial charge in [-0.1, -0.05) is 28.9 Å². The zero-order valence-corrected chi connectivity index (χ0v) is 15.4. The Morgan fingerprint density at radius 2 is 2.07 bits per heavy atom. The first-order valence-corrected chi connectivity index (χ1v) is 8.98. The summed E-state index contributed by atoms with van der Waals surface area (Å²) in [6.07, 6.45) is -0.435. The summed E-state index contributed by atoms with van der Waals surface area (Å²) in [6.45, 7) is 3.15. The molecule has 4 rings (SSSR count). The van der Waals surface area contributed by atoms with Crippen molar-refractivity contribution in [3.63, 3.8) is 0 Å². The molecule has 3 aromatic rings. The minimum atomic E-state index is -0.435. The highest BCUT2D eigenvalue weighted by Gasteiger charge is 2.27. The molecule has 0 spiro atoms. The van der Waals surface area contributed by atoms with Gasteiger partial charge in [-0.25, -0.2) is 0 Å². The zero-order valence-electron chi connectivity index (χ0n) is 14.6. The number of ether oxygens (including phenoxy) is 3. The van der Waals surface area contributed by atoms with Crippen molar-refractivity contribution in [2.45, 2.75) is 19.6 Å². The number of rotatable bonds is 6. The molecule has 27 heavy (non-hydrogen) atoms. The van der Waals surface area contributed by atoms with Gasteiger partial charge in [-0.15, -0.1) is 0 Å². The normalized spacial score (nSPS) is 15.4. The minimum absolute atomic E-state index is 0.317. The van der Waals surface area contributed by atoms with E-state index in [-0.39, 0.29) is 0 Å². The Labute approximate surface area is 161 Å². The Morgan fingerprint density at radius 3 is 2.93 bits per heavy atom. The SMILES string of the molecule is CCOc1cc(Cl)ccc1NCc1noc(C2COc3ccccc3O2)n1. The highest BCUT2D eigenvalue weighted by molar-refractivity contribution is 6.30. The predicted molar refractivity (Wildman–Crippen MR) is 99.6 cm³/mol. The van der Waals surface area contributed by atoms with Crippen molar-refractivity contribution < 1.29 is 18.7 Å². The largest absolute Gasteiger partial charge is 0.492 e. The van der Waals surface area contributed by atoms with Gasteiger partial charge in [-0.3, -0.25) is 0 Å². The molecular formula is C19H18ClN3O4. The molecule has 7 nitrogen and oxygen atoms in total. The average molecular weight is 388 g/mol. The molecule has 1 unspecified atom stereocenters. The topological polar surface area (TPSA) is 78.6 Å². The maximum absolute atomic E-state index is 6.02. The summed E-state index contributed by atoms with van der Waals surface area (Å²) < 4.78 is 22.5. The summed E-state index contributed by atoms with van der Waals surface area (Å²) in [5, 5.41) is 7.85. The second kappa shape index (κ2) is 7.75. The molecule has 1 aliphatic heterocycles. The van der Waals surface area contributed by atoms with Gasteiger partial charge < -0.3 is 24.1 Å². The fraction of sp³-hybridized carbons (Fsp3) is 0.263. The first kappa shape index (κ1) is 17.5. The molecule has 8 heteroatoms. The van der Waals surface area contributed by atoms with E-state index in [9.17, 15) is 0 Å². The van der Waals surface area contributed by atoms with Crippen LogP contribution in [0.4, 0.5) is 5.69 Å². The van der Waals surface area contributed by atoms with Gasteiger partial charge in [0.2, 0.25) is 6.10 Å². The Bertz CT molecular complexity index is 931. The second-order valence-corrected chi connectivity index (χ2v) is 6.28. The van der Waals surface area contributed by atoms with Crippen LogP contribution in [0, 0.1) is 0 Å². The van der Waals surface area contributed by atoms with Crippen LogP contribution in [-0.4, -0.2) is 23.4 Å². The first-order valence-electron chi connectivity index (χ1n) is 8.60. The molecule has 1 N–H and O–H groups in total. The maximum Gasteiger partial charge on any atom is 0.271 e. The molecule has 1 aliphatic rings. The fourth-order valence-electron chi connectivity index (χ4n) is 2.70. The molecule has 1 aromatic heterocycles. The molecule has 0 bridgehead atoms. The third kappa shape index (κ3) is 3.93. The monoisotopic (exact) mass is 387 g/mol. The third-order valence-corrected chi connectivity index (χ3v) is 4.18. The number of hydrogen-bond donors (Lipinski definition) is 1. The van der Waals surface area contributed by atoms with Crippen LogP contribution in [0.1, 0.15) is 24.7 Å². The van der Waals surface area contributed by atoms with Crippen molar-refractivity contribution in [3.8, 4) is 17.2 Å². The number of fused-ring (bicyclic) bond motifs is 1. The summed E-state index contributed by atoms with van der Waals surface area (Å²) >= 11 is 6.02. The van der Waals surface area contributed by atoms with E-state index in [1.165, 1.54) is 0 Å². The lowest BCUT2D eigenvalue weighted by atomic mass is 10.2. The van der Waals surface area contributed by atoms with Gasteiger partial charge in [0.05, 0.1) is 18.8 Å². The molecular weight excluding hydrogens is 370 g/mol. The van der Waals surface area contributed by atoms with E-state index in [1.54, 1.807) is 12.1 Å². The number of benzene rings is 2. The van der Waals surface area contributed by atoms with E-state index < -0.39 is 6.10 Å². The lowest BCUT2D eigenvalue weighted by Gasteiger charge is -2.23. The van der Waals surface area contributed by atoms with Gasteiger partial charge in [0.1, 0.15) is 12.4 Å². The molecule has 1 atom stereocenters. The van der Waals surface area contributed by atoms with Crippen LogP contribution < -0.4 is 19.5 Å². The van der Waals surface area contributed by atoms with Crippen molar-refractivity contribution in [2.24, 2.45) is 0 Å². The molecule has 0 saturated carbocycles. The fourth-order valence-corrected chi connectivity index (χ4v) is 2.86. The van der Waals surface area contributed by atoms with Crippen LogP contribution in [-0.2, 0) is 6.54 Å². The summed E-state index contributed by atoms with van der Waals surface area (Å²) in [7, 11) is 0. The van der Waals surface area contributed by atoms with Crippen molar-refractivity contribution in [2.75, 3.05) is 18.5 Å². The van der Waals surface area contributed by atoms with Gasteiger partial charge in [0.15, 0.2) is 17.3 Å². The van der Waals surface area contributed by atoms with E-state index in [2.05, 4.69) is 15.5 Å². The summed E-state index contributed by atoms with van der Waals surface area (Å²) in [4.78, 5) is 4.40. The quantitative estimate of drug-likeness (QED) is 0.677. The summed E-state index contributed by atoms with van der Waals surface area (Å²) in [5.41, 5.74) is 0.804. The molecule has 0 fully saturated rings. The van der Waals surface area contributed by atoms with Gasteiger partial charge in [-0.2, -0.15) is 4.98 Å². The number of aromatic nitrogens is 2. The second-order valence-electron chi connectivity index (χ2n) is 5.84. The van der Waals surface area contributed by atoms with Crippen LogP contribution >= 0.6 is 11.6 Å². The number of hydrogen-bond acceptors (Lipinski definition) is 7. The van der Waals surface area contributed by atoms with Gasteiger partial charge >= 0.3 is 0 Å².